The molecule has 0 saturated carbocycles. The molecule has 0 amide bonds. The van der Waals surface area contributed by atoms with Gasteiger partial charge in [0.2, 0.25) is 0 Å². The van der Waals surface area contributed by atoms with E-state index < -0.39 is 11.6 Å². The minimum atomic E-state index is -0.564. The van der Waals surface area contributed by atoms with Gasteiger partial charge < -0.3 is 48.9 Å². The number of carbonyl (C=O) groups is 1. The number of nitrogens with zero attached hydrogens (tertiary/aromatic N) is 4. The molecule has 0 unspecified atom stereocenters. The number of rotatable bonds is 7. The summed E-state index contributed by atoms with van der Waals surface area (Å²) in [6.07, 6.45) is 0. The fraction of sp³-hybridized carbons (Fsp3) is 0. The molecule has 0 radical (unpaired) electrons. The van der Waals surface area contributed by atoms with Crippen molar-refractivity contribution in [2.24, 2.45) is 0 Å². The number of aromatic hydroxyl groups is 2. The first-order valence-corrected chi connectivity index (χ1v) is 31.9. The molecule has 470 valence electrons. The summed E-state index contributed by atoms with van der Waals surface area (Å²) >= 11 is 0. The van der Waals surface area contributed by atoms with Crippen LogP contribution in [-0.2, 0) is 9.68 Å². The van der Waals surface area contributed by atoms with Gasteiger partial charge in [0.05, 0.1) is 66.9 Å². The molecule has 20 aromatic rings. The van der Waals surface area contributed by atoms with E-state index in [9.17, 15) is 10.2 Å². The minimum Gasteiger partial charge on any atom is -1.00 e. The maximum absolute atomic E-state index is 16.6. The molecule has 6 aromatic heterocycles. The van der Waals surface area contributed by atoms with Gasteiger partial charge in [0.25, 0.3) is 6.47 Å². The zero-order valence-electron chi connectivity index (χ0n) is 54.8. The second-order valence-corrected chi connectivity index (χ2v) is 24.2. The summed E-state index contributed by atoms with van der Waals surface area (Å²) in [6.45, 7) is -0.181. The Bertz CT molecular complexity index is 6080. The van der Waals surface area contributed by atoms with Crippen molar-refractivity contribution in [2.75, 3.05) is 0 Å². The smallest absolute Gasteiger partial charge is 1.00 e. The monoisotopic (exact) mass is 1360 g/mol. The molecule has 20 rings (SSSR count). The van der Waals surface area contributed by atoms with Gasteiger partial charge in [-0.05, 0) is 97.1 Å². The van der Waals surface area contributed by atoms with Crippen LogP contribution in [-0.4, -0.2) is 35.0 Å². The van der Waals surface area contributed by atoms with E-state index in [-0.39, 0.29) is 144 Å². The van der Waals surface area contributed by atoms with Crippen LogP contribution in [0.2, 0.25) is 0 Å². The summed E-state index contributed by atoms with van der Waals surface area (Å²) in [7, 11) is 0. The minimum absolute atomic E-state index is 0. The van der Waals surface area contributed by atoms with E-state index in [2.05, 4.69) is 160 Å². The van der Waals surface area contributed by atoms with E-state index in [1.807, 2.05) is 106 Å². The Hall–Kier alpha value is -9.96. The van der Waals surface area contributed by atoms with E-state index in [0.717, 1.165) is 121 Å². The van der Waals surface area contributed by atoms with Crippen LogP contribution in [0.4, 0.5) is 8.78 Å². The van der Waals surface area contributed by atoms with E-state index in [1.165, 1.54) is 33.7 Å². The number of carbonyl (C=O) groups excluding carboxylic acids is 1. The van der Waals surface area contributed by atoms with Crippen molar-refractivity contribution in [2.45, 2.75) is 0 Å². The van der Waals surface area contributed by atoms with Crippen LogP contribution in [0.5, 0.6) is 11.5 Å². The molecule has 0 bridgehead atoms. The number of fused-ring (bicyclic) bond motifs is 18. The van der Waals surface area contributed by atoms with E-state index in [0.29, 0.717) is 11.4 Å². The zero-order chi connectivity index (χ0) is 65.9. The number of halogens is 2. The van der Waals surface area contributed by atoms with Crippen LogP contribution in [0.1, 0.15) is 1.43 Å². The molecule has 100 heavy (non-hydrogen) atoms. The number of phenolic OH excluding ortho intramolecular Hbond substituents is 2. The maximum Gasteiger partial charge on any atom is 1.00 e. The van der Waals surface area contributed by atoms with Crippen LogP contribution in [0.3, 0.4) is 0 Å². The fourth-order valence-corrected chi connectivity index (χ4v) is 14.9. The van der Waals surface area contributed by atoms with Crippen molar-refractivity contribution in [1.29, 1.82) is 0 Å². The summed E-state index contributed by atoms with van der Waals surface area (Å²) in [5.74, 6) is -1.71. The second kappa shape index (κ2) is 26.3. The van der Waals surface area contributed by atoms with E-state index >= 15 is 8.78 Å². The van der Waals surface area contributed by atoms with Gasteiger partial charge in [-0.15, -0.1) is 0 Å². The van der Waals surface area contributed by atoms with E-state index in [1.54, 1.807) is 36.4 Å². The Morgan fingerprint density at radius 2 is 0.540 bits per heavy atom. The van der Waals surface area contributed by atoms with Gasteiger partial charge in [-0.1, -0.05) is 194 Å². The molecular weight excluding hydrogens is 1310 g/mol. The molecule has 15 heteroatoms. The third kappa shape index (κ3) is 10.3. The summed E-state index contributed by atoms with van der Waals surface area (Å²) in [6, 6.07) is 95.3. The molecule has 0 spiro atoms. The fourth-order valence-electron chi connectivity index (χ4n) is 14.9. The standard InChI is InChI=1S/C42H26F2N2O2.C42H24N2O2.CH2O3.2K.H/c43-41-29(15-9-21-37(41)45-33-17-5-1-11-25(33)26-12-2-6-18-34(26)45)31-23-40(48)32(24-39(31)47)30-16-10-22-38(42(30)44)46-35-19-7-3-13-27(35)28-14-4-8-20-36(28)46;1-5-17-33-25(11-1)26-12-2-6-18-34(26)43(33)37-21-9-15-29-31-23-40-32(24-39(31)45-41(29)37)30-16-10-22-38(42(30)46-40)44-35-19-7-3-13-27(35)28-14-4-8-20-36(28)44;2-1-4-3;;;/h1-24,47-48H;1-24H;1,3H;;;/q;;;2*+1;-1/p-1. The molecule has 6 heterocycles. The molecule has 0 aliphatic carbocycles. The molecular formula is C85H52F2K2N4O7. The molecule has 11 nitrogen and oxygen atoms in total. The van der Waals surface area contributed by atoms with Crippen molar-refractivity contribution in [3.63, 3.8) is 0 Å². The third-order valence-electron chi connectivity index (χ3n) is 19.0. The van der Waals surface area contributed by atoms with Crippen LogP contribution < -0.4 is 108 Å². The Morgan fingerprint density at radius 1 is 0.310 bits per heavy atom. The zero-order valence-corrected chi connectivity index (χ0v) is 60.0. The van der Waals surface area contributed by atoms with Gasteiger partial charge in [-0.25, -0.2) is 8.78 Å². The van der Waals surface area contributed by atoms with Crippen molar-refractivity contribution in [3.8, 4) is 56.5 Å². The van der Waals surface area contributed by atoms with Gasteiger partial charge in [-0.3, -0.25) is 4.79 Å². The van der Waals surface area contributed by atoms with Gasteiger partial charge in [-0.2, -0.15) is 0 Å². The molecule has 14 aromatic carbocycles. The van der Waals surface area contributed by atoms with Crippen LogP contribution in [0.25, 0.3) is 176 Å². The van der Waals surface area contributed by atoms with Crippen LogP contribution >= 0.6 is 0 Å². The Kier molecular flexibility index (Phi) is 17.0. The van der Waals surface area contributed by atoms with Gasteiger partial charge in [0, 0.05) is 86.9 Å². The van der Waals surface area contributed by atoms with Crippen molar-refractivity contribution in [3.05, 3.63) is 303 Å². The molecule has 0 aliphatic heterocycles. The van der Waals surface area contributed by atoms with Gasteiger partial charge in [0.1, 0.15) is 22.7 Å². The maximum atomic E-state index is 16.6. The molecule has 0 fully saturated rings. The second-order valence-electron chi connectivity index (χ2n) is 24.2. The van der Waals surface area contributed by atoms with Crippen molar-refractivity contribution < 1.29 is 147 Å². The predicted octanol–water partition coefficient (Wildman–Crippen LogP) is 15.1. The molecule has 0 atom stereocenters. The molecule has 0 aliphatic rings. The Labute approximate surface area is 654 Å². The van der Waals surface area contributed by atoms with Crippen molar-refractivity contribution in [1.82, 2.24) is 18.3 Å². The first-order valence-electron chi connectivity index (χ1n) is 31.9. The predicted molar refractivity (Wildman–Crippen MR) is 387 cm³/mol. The number of phenols is 2. The number of furan rings is 2. The largest absolute Gasteiger partial charge is 1.00 e. The number of hydrogen-bond donors (Lipinski definition) is 2. The SMILES string of the molecule is O=CO[O-].Oc1cc(-c2cccc(-n3c4ccccc4c4ccccc43)c2F)c(O)cc1-c1cccc(-n2c3ccccc3c3ccccc32)c1F.[H-].[K+].[K+].c1cc(-n2c3ccccc3c3ccccc32)c2oc3cc4c(cc3c2c1)oc1c(-n2c3ccccc3c3ccccc32)cccc14. The van der Waals surface area contributed by atoms with Gasteiger partial charge >= 0.3 is 103 Å². The molecule has 0 saturated heterocycles. The molecule has 2 N–H and O–H groups in total. The first kappa shape index (κ1) is 64.7. The quantitative estimate of drug-likeness (QED) is 0.0533. The summed E-state index contributed by atoms with van der Waals surface area (Å²) in [4.78, 5) is 11.2. The number of benzene rings is 14. The summed E-state index contributed by atoms with van der Waals surface area (Å²) in [5.41, 5.74) is 14.5. The third-order valence-corrected chi connectivity index (χ3v) is 19.0. The number of hydrogen-bond acceptors (Lipinski definition) is 7. The number of aromatic nitrogens is 4. The van der Waals surface area contributed by atoms with Crippen LogP contribution in [0.15, 0.2) is 300 Å². The number of para-hydroxylation sites is 10. The Balaban J connectivity index is 0.000000151. The average Bonchev–Trinajstić information content (AvgIpc) is 1.60. The van der Waals surface area contributed by atoms with Gasteiger partial charge in [0.15, 0.2) is 22.8 Å². The first-order chi connectivity index (χ1) is 48.3. The summed E-state index contributed by atoms with van der Waals surface area (Å²) in [5, 5.41) is 44.2. The van der Waals surface area contributed by atoms with E-state index in [4.69, 9.17) is 18.9 Å². The average molecular weight is 1360 g/mol. The topological polar surface area (TPSA) is 136 Å². The summed E-state index contributed by atoms with van der Waals surface area (Å²) < 4.78 is 55.1. The van der Waals surface area contributed by atoms with Crippen LogP contribution in [0, 0.1) is 11.6 Å². The van der Waals surface area contributed by atoms with Crippen molar-refractivity contribution >= 4 is 138 Å². The Morgan fingerprint density at radius 3 is 0.810 bits per heavy atom. The normalized spacial score (nSPS) is 11.5.